The van der Waals surface area contributed by atoms with Crippen LogP contribution < -0.4 is 9.47 Å². The number of hydrogen-bond donors (Lipinski definition) is 0. The van der Waals surface area contributed by atoms with Gasteiger partial charge in [-0.15, -0.1) is 0 Å². The van der Waals surface area contributed by atoms with Crippen molar-refractivity contribution in [1.29, 1.82) is 0 Å². The van der Waals surface area contributed by atoms with Gasteiger partial charge in [0.1, 0.15) is 12.4 Å². The molecule has 1 aliphatic rings. The third-order valence-corrected chi connectivity index (χ3v) is 5.06. The summed E-state index contributed by atoms with van der Waals surface area (Å²) in [5, 5.41) is 0. The lowest BCUT2D eigenvalue weighted by Crippen LogP contribution is -2.05. The minimum atomic E-state index is -0.519. The van der Waals surface area contributed by atoms with Crippen LogP contribution >= 0.6 is 15.9 Å². The average molecular weight is 496 g/mol. The van der Waals surface area contributed by atoms with E-state index in [9.17, 15) is 9.18 Å². The molecule has 5 nitrogen and oxygen atoms in total. The zero-order valence-corrected chi connectivity index (χ0v) is 18.8. The summed E-state index contributed by atoms with van der Waals surface area (Å²) in [6.45, 7) is 2.59. The van der Waals surface area contributed by atoms with E-state index in [0.29, 0.717) is 29.2 Å². The molecule has 3 aromatic carbocycles. The third-order valence-electron chi connectivity index (χ3n) is 4.57. The van der Waals surface area contributed by atoms with E-state index in [1.54, 1.807) is 36.4 Å². The first kappa shape index (κ1) is 21.8. The predicted octanol–water partition coefficient (Wildman–Crippen LogP) is 5.91. The summed E-state index contributed by atoms with van der Waals surface area (Å²) in [6.07, 6.45) is 1.64. The fraction of sp³-hybridized carbons (Fsp3) is 0.120. The lowest BCUT2D eigenvalue weighted by Gasteiger charge is -2.13. The Morgan fingerprint density at radius 1 is 1.03 bits per heavy atom. The maximum atomic E-state index is 13.1. The summed E-state index contributed by atoms with van der Waals surface area (Å²) in [5.41, 5.74) is 2.45. The fourth-order valence-electron chi connectivity index (χ4n) is 3.06. The zero-order chi connectivity index (χ0) is 22.5. The van der Waals surface area contributed by atoms with Crippen LogP contribution in [-0.2, 0) is 16.1 Å². The molecular weight excluding hydrogens is 477 g/mol. The number of cyclic esters (lactones) is 1. The van der Waals surface area contributed by atoms with Gasteiger partial charge in [0.25, 0.3) is 0 Å². The van der Waals surface area contributed by atoms with Gasteiger partial charge < -0.3 is 14.2 Å². The van der Waals surface area contributed by atoms with Crippen LogP contribution in [0.15, 0.2) is 81.9 Å². The van der Waals surface area contributed by atoms with Gasteiger partial charge in [0.05, 0.1) is 6.61 Å². The molecule has 32 heavy (non-hydrogen) atoms. The van der Waals surface area contributed by atoms with E-state index in [1.807, 2.05) is 31.2 Å². The molecular formula is C25H19BrFNO4. The summed E-state index contributed by atoms with van der Waals surface area (Å²) in [5.74, 6) is 0.524. The Morgan fingerprint density at radius 2 is 1.84 bits per heavy atom. The maximum absolute atomic E-state index is 13.1. The largest absolute Gasteiger partial charge is 0.490 e. The van der Waals surface area contributed by atoms with E-state index in [1.165, 1.54) is 12.1 Å². The Bertz CT molecular complexity index is 1200. The highest BCUT2D eigenvalue weighted by atomic mass is 79.9. The van der Waals surface area contributed by atoms with Crippen LogP contribution in [0.1, 0.15) is 23.6 Å². The van der Waals surface area contributed by atoms with Crippen LogP contribution in [0.3, 0.4) is 0 Å². The lowest BCUT2D eigenvalue weighted by molar-refractivity contribution is -0.129. The van der Waals surface area contributed by atoms with E-state index < -0.39 is 5.97 Å². The number of aliphatic imine (C=N–C) groups is 1. The molecule has 162 valence electrons. The van der Waals surface area contributed by atoms with Crippen LogP contribution in [-0.4, -0.2) is 18.5 Å². The highest BCUT2D eigenvalue weighted by Crippen LogP contribution is 2.31. The van der Waals surface area contributed by atoms with Crippen molar-refractivity contribution in [3.63, 3.8) is 0 Å². The van der Waals surface area contributed by atoms with Crippen molar-refractivity contribution in [1.82, 2.24) is 0 Å². The lowest BCUT2D eigenvalue weighted by atomic mass is 10.1. The summed E-state index contributed by atoms with van der Waals surface area (Å²) < 4.78 is 30.8. The Balaban J connectivity index is 1.55. The average Bonchev–Trinajstić information content (AvgIpc) is 3.15. The van der Waals surface area contributed by atoms with Crippen molar-refractivity contribution in [2.45, 2.75) is 13.5 Å². The molecule has 1 aliphatic heterocycles. The second kappa shape index (κ2) is 9.78. The van der Waals surface area contributed by atoms with Gasteiger partial charge in [-0.05, 0) is 66.6 Å². The molecule has 0 fully saturated rings. The predicted molar refractivity (Wildman–Crippen MR) is 123 cm³/mol. The van der Waals surface area contributed by atoms with Crippen molar-refractivity contribution in [2.75, 3.05) is 6.61 Å². The monoisotopic (exact) mass is 495 g/mol. The van der Waals surface area contributed by atoms with Gasteiger partial charge in [0, 0.05) is 10.0 Å². The Kier molecular flexibility index (Phi) is 6.66. The molecule has 7 heteroatoms. The van der Waals surface area contributed by atoms with Gasteiger partial charge in [-0.25, -0.2) is 14.2 Å². The molecule has 0 saturated carbocycles. The number of rotatable bonds is 7. The minimum absolute atomic E-state index is 0.197. The molecule has 0 amide bonds. The van der Waals surface area contributed by atoms with Gasteiger partial charge in [-0.2, -0.15) is 0 Å². The third kappa shape index (κ3) is 5.23. The first-order chi connectivity index (χ1) is 15.5. The van der Waals surface area contributed by atoms with E-state index >= 15 is 0 Å². The number of hydrogen-bond acceptors (Lipinski definition) is 5. The first-order valence-electron chi connectivity index (χ1n) is 9.94. The van der Waals surface area contributed by atoms with Crippen molar-refractivity contribution in [3.8, 4) is 11.5 Å². The quantitative estimate of drug-likeness (QED) is 0.302. The van der Waals surface area contributed by atoms with Gasteiger partial charge in [0.15, 0.2) is 17.2 Å². The van der Waals surface area contributed by atoms with E-state index in [4.69, 9.17) is 14.2 Å². The van der Waals surface area contributed by atoms with Crippen LogP contribution in [0.2, 0.25) is 0 Å². The number of halogens is 2. The smallest absolute Gasteiger partial charge is 0.363 e. The van der Waals surface area contributed by atoms with Crippen molar-refractivity contribution < 1.29 is 23.4 Å². The number of carbonyl (C=O) groups is 1. The molecule has 0 radical (unpaired) electrons. The first-order valence-corrected chi connectivity index (χ1v) is 10.7. The van der Waals surface area contributed by atoms with E-state index in [2.05, 4.69) is 20.9 Å². The molecule has 0 N–H and O–H groups in total. The summed E-state index contributed by atoms with van der Waals surface area (Å²) >= 11 is 3.40. The second-order valence-electron chi connectivity index (χ2n) is 6.90. The van der Waals surface area contributed by atoms with E-state index in [-0.39, 0.29) is 24.0 Å². The van der Waals surface area contributed by atoms with Crippen LogP contribution in [0, 0.1) is 5.82 Å². The molecule has 3 aromatic rings. The van der Waals surface area contributed by atoms with Gasteiger partial charge in [0.2, 0.25) is 5.90 Å². The number of ether oxygens (including phenoxy) is 3. The number of carbonyl (C=O) groups excluding carboxylic acids is 1. The molecule has 0 spiro atoms. The van der Waals surface area contributed by atoms with Crippen molar-refractivity contribution >= 4 is 33.9 Å². The van der Waals surface area contributed by atoms with Crippen LogP contribution in [0.25, 0.3) is 6.08 Å². The van der Waals surface area contributed by atoms with E-state index in [0.717, 1.165) is 10.0 Å². The standard InChI is InChI=1S/C25H19BrFNO4/c1-2-30-23-13-17(8-11-22(23)31-15-16-6-9-20(27)10-7-16)12-21-25(29)32-24(28-21)18-4-3-5-19(26)14-18/h3-14H,2,15H2,1H3/b21-12-. The van der Waals surface area contributed by atoms with Gasteiger partial charge in [-0.3, -0.25) is 0 Å². The fourth-order valence-corrected chi connectivity index (χ4v) is 3.45. The summed E-state index contributed by atoms with van der Waals surface area (Å²) in [6, 6.07) is 18.8. The Morgan fingerprint density at radius 3 is 2.59 bits per heavy atom. The van der Waals surface area contributed by atoms with Crippen molar-refractivity contribution in [3.05, 3.63) is 99.4 Å². The highest BCUT2D eigenvalue weighted by Gasteiger charge is 2.24. The molecule has 0 aromatic heterocycles. The molecule has 0 unspecified atom stereocenters. The Hall–Kier alpha value is -3.45. The van der Waals surface area contributed by atoms with Crippen LogP contribution in [0.4, 0.5) is 4.39 Å². The molecule has 0 bridgehead atoms. The second-order valence-corrected chi connectivity index (χ2v) is 7.82. The maximum Gasteiger partial charge on any atom is 0.363 e. The number of esters is 1. The van der Waals surface area contributed by atoms with Crippen molar-refractivity contribution in [2.24, 2.45) is 4.99 Å². The normalized spacial score (nSPS) is 14.3. The molecule has 0 atom stereocenters. The summed E-state index contributed by atoms with van der Waals surface area (Å²) in [7, 11) is 0. The minimum Gasteiger partial charge on any atom is -0.490 e. The molecule has 1 heterocycles. The number of nitrogens with zero attached hydrogens (tertiary/aromatic N) is 1. The summed E-state index contributed by atoms with van der Waals surface area (Å²) in [4.78, 5) is 16.6. The van der Waals surface area contributed by atoms with Crippen LogP contribution in [0.5, 0.6) is 11.5 Å². The molecule has 0 saturated heterocycles. The van der Waals surface area contributed by atoms with Gasteiger partial charge in [-0.1, -0.05) is 40.2 Å². The van der Waals surface area contributed by atoms with Gasteiger partial charge >= 0.3 is 5.97 Å². The molecule has 4 rings (SSSR count). The Labute approximate surface area is 193 Å². The number of benzene rings is 3. The molecule has 0 aliphatic carbocycles. The SMILES string of the molecule is CCOc1cc(/C=C2\N=C(c3cccc(Br)c3)OC2=O)ccc1OCc1ccc(F)cc1. The topological polar surface area (TPSA) is 57.1 Å². The zero-order valence-electron chi connectivity index (χ0n) is 17.2. The highest BCUT2D eigenvalue weighted by molar-refractivity contribution is 9.10.